The Labute approximate surface area is 60.4 Å². The molecule has 56 valence electrons. The number of hydrogen-bond donors (Lipinski definition) is 0. The van der Waals surface area contributed by atoms with E-state index >= 15 is 0 Å². The summed E-state index contributed by atoms with van der Waals surface area (Å²) < 4.78 is 0. The summed E-state index contributed by atoms with van der Waals surface area (Å²) in [7, 11) is 11.0. The quantitative estimate of drug-likeness (QED) is 0.419. The Kier molecular flexibility index (Phi) is 3.07. The fourth-order valence-electron chi connectivity index (χ4n) is 0.400. The van der Waals surface area contributed by atoms with E-state index in [1.165, 1.54) is 0 Å². The van der Waals surface area contributed by atoms with E-state index in [-0.39, 0.29) is 5.40 Å². The lowest BCUT2D eigenvalue weighted by atomic mass is 10.4. The van der Waals surface area contributed by atoms with Crippen LogP contribution in [0.25, 0.3) is 0 Å². The molecule has 0 radical (unpaired) electrons. The summed E-state index contributed by atoms with van der Waals surface area (Å²) in [5, 5.41) is 0.0833. The van der Waals surface area contributed by atoms with Gasteiger partial charge < -0.3 is 0 Å². The van der Waals surface area contributed by atoms with Crippen molar-refractivity contribution < 1.29 is 0 Å². The van der Waals surface area contributed by atoms with Crippen LogP contribution in [0.1, 0.15) is 6.92 Å². The molecule has 0 aliphatic heterocycles. The summed E-state index contributed by atoms with van der Waals surface area (Å²) in [6, 6.07) is 0. The molecule has 0 rings (SSSR count). The van der Waals surface area contributed by atoms with E-state index in [1.807, 2.05) is 0 Å². The SMILES string of the molecule is CN(C)C(C)(P)N(C)C. The summed E-state index contributed by atoms with van der Waals surface area (Å²) in [4.78, 5) is 4.30. The second kappa shape index (κ2) is 2.96. The zero-order chi connectivity index (χ0) is 7.65. The van der Waals surface area contributed by atoms with E-state index in [2.05, 4.69) is 54.2 Å². The van der Waals surface area contributed by atoms with Gasteiger partial charge >= 0.3 is 0 Å². The number of nitrogens with zero attached hydrogens (tertiary/aromatic N) is 2. The smallest absolute Gasteiger partial charge is 0.0838 e. The monoisotopic (exact) mass is 148 g/mol. The van der Waals surface area contributed by atoms with Gasteiger partial charge in [0.05, 0.1) is 5.40 Å². The Hall–Kier alpha value is 0.350. The molecule has 0 amide bonds. The lowest BCUT2D eigenvalue weighted by Gasteiger charge is -2.38. The Morgan fingerprint density at radius 3 is 1.22 bits per heavy atom. The van der Waals surface area contributed by atoms with Gasteiger partial charge in [-0.3, -0.25) is 9.80 Å². The van der Waals surface area contributed by atoms with E-state index in [4.69, 9.17) is 0 Å². The maximum atomic E-state index is 2.80. The molecular weight excluding hydrogens is 131 g/mol. The van der Waals surface area contributed by atoms with Crippen LogP contribution >= 0.6 is 9.24 Å². The van der Waals surface area contributed by atoms with Crippen LogP contribution in [0.4, 0.5) is 0 Å². The summed E-state index contributed by atoms with van der Waals surface area (Å²) in [6.45, 7) is 2.15. The third-order valence-corrected chi connectivity index (χ3v) is 2.84. The normalized spacial score (nSPS) is 13.3. The van der Waals surface area contributed by atoms with Crippen LogP contribution < -0.4 is 0 Å². The van der Waals surface area contributed by atoms with Gasteiger partial charge in [0.2, 0.25) is 0 Å². The van der Waals surface area contributed by atoms with Crippen LogP contribution in [0.2, 0.25) is 0 Å². The Bertz CT molecular complexity index is 79.1. The molecule has 1 unspecified atom stereocenters. The standard InChI is InChI=1S/C6H17N2P/c1-6(9,7(2)3)8(4)5/h9H2,1-5H3. The highest BCUT2D eigenvalue weighted by Gasteiger charge is 2.22. The zero-order valence-corrected chi connectivity index (χ0v) is 8.13. The van der Waals surface area contributed by atoms with Crippen LogP contribution in [0.15, 0.2) is 0 Å². The van der Waals surface area contributed by atoms with E-state index < -0.39 is 0 Å². The zero-order valence-electron chi connectivity index (χ0n) is 6.97. The van der Waals surface area contributed by atoms with Crippen LogP contribution in [0.3, 0.4) is 0 Å². The Balaban J connectivity index is 4.01. The molecule has 0 bridgehead atoms. The molecule has 9 heavy (non-hydrogen) atoms. The van der Waals surface area contributed by atoms with Crippen molar-refractivity contribution in [3.63, 3.8) is 0 Å². The molecule has 1 atom stereocenters. The van der Waals surface area contributed by atoms with Gasteiger partial charge in [-0.15, -0.1) is 0 Å². The first kappa shape index (κ1) is 9.35. The molecule has 0 aliphatic carbocycles. The van der Waals surface area contributed by atoms with E-state index in [0.29, 0.717) is 0 Å². The van der Waals surface area contributed by atoms with Crippen molar-refractivity contribution in [3.8, 4) is 0 Å². The summed E-state index contributed by atoms with van der Waals surface area (Å²) in [5.74, 6) is 0. The summed E-state index contributed by atoms with van der Waals surface area (Å²) in [5.41, 5.74) is 0. The van der Waals surface area contributed by atoms with Crippen molar-refractivity contribution in [2.24, 2.45) is 0 Å². The molecule has 2 nitrogen and oxygen atoms in total. The molecule has 0 aromatic heterocycles. The van der Waals surface area contributed by atoms with Crippen molar-refractivity contribution in [2.75, 3.05) is 28.2 Å². The van der Waals surface area contributed by atoms with E-state index in [0.717, 1.165) is 0 Å². The first-order chi connectivity index (χ1) is 3.89. The maximum absolute atomic E-state index is 2.80. The molecule has 0 aliphatic rings. The fourth-order valence-corrected chi connectivity index (χ4v) is 0.400. The van der Waals surface area contributed by atoms with E-state index in [9.17, 15) is 0 Å². The Morgan fingerprint density at radius 2 is 1.22 bits per heavy atom. The first-order valence-corrected chi connectivity index (χ1v) is 3.60. The summed E-state index contributed by atoms with van der Waals surface area (Å²) >= 11 is 0. The van der Waals surface area contributed by atoms with Crippen LogP contribution in [0, 0.1) is 0 Å². The van der Waals surface area contributed by atoms with Gasteiger partial charge in [0.1, 0.15) is 0 Å². The van der Waals surface area contributed by atoms with Gasteiger partial charge in [0.25, 0.3) is 0 Å². The van der Waals surface area contributed by atoms with Crippen LogP contribution in [-0.2, 0) is 0 Å². The highest BCUT2D eigenvalue weighted by molar-refractivity contribution is 7.18. The fraction of sp³-hybridized carbons (Fsp3) is 1.00. The number of hydrogen-bond acceptors (Lipinski definition) is 2. The largest absolute Gasteiger partial charge is 0.289 e. The highest BCUT2D eigenvalue weighted by atomic mass is 31.0. The minimum absolute atomic E-state index is 0.0833. The van der Waals surface area contributed by atoms with Crippen molar-refractivity contribution in [3.05, 3.63) is 0 Å². The van der Waals surface area contributed by atoms with Gasteiger partial charge in [0, 0.05) is 0 Å². The Morgan fingerprint density at radius 1 is 1.00 bits per heavy atom. The van der Waals surface area contributed by atoms with Crippen LogP contribution in [0.5, 0.6) is 0 Å². The van der Waals surface area contributed by atoms with Crippen molar-refractivity contribution >= 4 is 9.24 Å². The second-order valence-electron chi connectivity index (χ2n) is 2.88. The molecule has 0 spiro atoms. The predicted octanol–water partition coefficient (Wildman–Crippen LogP) is 0.658. The third kappa shape index (κ3) is 2.21. The third-order valence-electron chi connectivity index (χ3n) is 1.81. The molecule has 0 fully saturated rings. The first-order valence-electron chi connectivity index (χ1n) is 3.02. The van der Waals surface area contributed by atoms with Gasteiger partial charge in [-0.1, -0.05) is 9.24 Å². The molecule has 0 heterocycles. The minimum Gasteiger partial charge on any atom is -0.289 e. The van der Waals surface area contributed by atoms with Crippen molar-refractivity contribution in [2.45, 2.75) is 12.3 Å². The molecule has 0 aromatic carbocycles. The van der Waals surface area contributed by atoms with Crippen molar-refractivity contribution in [1.29, 1.82) is 0 Å². The van der Waals surface area contributed by atoms with Gasteiger partial charge in [-0.2, -0.15) is 0 Å². The van der Waals surface area contributed by atoms with Crippen molar-refractivity contribution in [1.82, 2.24) is 9.80 Å². The second-order valence-corrected chi connectivity index (χ2v) is 3.98. The molecular formula is C6H17N2P. The van der Waals surface area contributed by atoms with E-state index in [1.54, 1.807) is 0 Å². The molecule has 0 aromatic rings. The van der Waals surface area contributed by atoms with Gasteiger partial charge in [-0.25, -0.2) is 0 Å². The molecule has 0 saturated heterocycles. The average molecular weight is 148 g/mol. The molecule has 0 saturated carbocycles. The molecule has 3 heteroatoms. The lowest BCUT2D eigenvalue weighted by molar-refractivity contribution is 0.111. The van der Waals surface area contributed by atoms with Gasteiger partial charge in [0.15, 0.2) is 0 Å². The molecule has 0 N–H and O–H groups in total. The predicted molar refractivity (Wildman–Crippen MR) is 45.5 cm³/mol. The topological polar surface area (TPSA) is 6.48 Å². The average Bonchev–Trinajstić information content (AvgIpc) is 1.65. The summed E-state index contributed by atoms with van der Waals surface area (Å²) in [6.07, 6.45) is 0. The maximum Gasteiger partial charge on any atom is 0.0838 e. The van der Waals surface area contributed by atoms with Gasteiger partial charge in [-0.05, 0) is 35.1 Å². The number of rotatable bonds is 2. The minimum atomic E-state index is 0.0833. The highest BCUT2D eigenvalue weighted by Crippen LogP contribution is 2.21. The lowest BCUT2D eigenvalue weighted by Crippen LogP contribution is -2.47. The van der Waals surface area contributed by atoms with Crippen LogP contribution in [-0.4, -0.2) is 43.4 Å².